The monoisotopic (exact) mass is 343 g/mol. The fraction of sp³-hybridized carbons (Fsp3) is 0.286. The molecule has 0 saturated carbocycles. The van der Waals surface area contributed by atoms with E-state index in [0.29, 0.717) is 12.4 Å². The number of benzene rings is 1. The minimum Gasteiger partial charge on any atom is -0.492 e. The normalized spacial score (nSPS) is 10.9. The summed E-state index contributed by atoms with van der Waals surface area (Å²) < 4.78 is 19.4. The Bertz CT molecular complexity index is 514. The fourth-order valence-corrected chi connectivity index (χ4v) is 3.20. The van der Waals surface area contributed by atoms with E-state index in [9.17, 15) is 4.39 Å². The van der Waals surface area contributed by atoms with Crippen LogP contribution >= 0.6 is 27.3 Å². The molecular formula is C14H15BrFNOS. The standard InChI is InChI=1S/C14H15BrFNOS/c1-17(10-13-6-7-14(15)19-13)8-9-18-12-4-2-11(16)3-5-12/h2-7H,8-10H2,1H3. The van der Waals surface area contributed by atoms with Gasteiger partial charge in [-0.2, -0.15) is 0 Å². The van der Waals surface area contributed by atoms with Crippen molar-refractivity contribution in [2.45, 2.75) is 6.54 Å². The third kappa shape index (κ3) is 4.93. The zero-order valence-corrected chi connectivity index (χ0v) is 13.0. The van der Waals surface area contributed by atoms with Crippen LogP contribution in [0, 0.1) is 5.82 Å². The van der Waals surface area contributed by atoms with Gasteiger partial charge in [-0.3, -0.25) is 4.90 Å². The van der Waals surface area contributed by atoms with E-state index >= 15 is 0 Å². The van der Waals surface area contributed by atoms with Crippen molar-refractivity contribution in [3.63, 3.8) is 0 Å². The second kappa shape index (κ2) is 7.03. The van der Waals surface area contributed by atoms with Gasteiger partial charge in [-0.15, -0.1) is 11.3 Å². The van der Waals surface area contributed by atoms with Crippen LogP contribution in [0.2, 0.25) is 0 Å². The third-order valence-corrected chi connectivity index (χ3v) is 4.22. The molecule has 0 fully saturated rings. The molecule has 0 saturated heterocycles. The molecule has 5 heteroatoms. The quantitative estimate of drug-likeness (QED) is 0.780. The van der Waals surface area contributed by atoms with E-state index in [2.05, 4.69) is 40.0 Å². The molecule has 2 rings (SSSR count). The average molecular weight is 344 g/mol. The van der Waals surface area contributed by atoms with Crippen molar-refractivity contribution in [2.75, 3.05) is 20.2 Å². The Morgan fingerprint density at radius 3 is 2.58 bits per heavy atom. The van der Waals surface area contributed by atoms with E-state index < -0.39 is 0 Å². The number of halogens is 2. The van der Waals surface area contributed by atoms with E-state index in [1.807, 2.05) is 0 Å². The lowest BCUT2D eigenvalue weighted by Gasteiger charge is -2.16. The summed E-state index contributed by atoms with van der Waals surface area (Å²) >= 11 is 5.20. The molecule has 0 amide bonds. The summed E-state index contributed by atoms with van der Waals surface area (Å²) in [5, 5.41) is 0. The summed E-state index contributed by atoms with van der Waals surface area (Å²) in [4.78, 5) is 3.51. The Hall–Kier alpha value is -0.910. The molecule has 2 aromatic rings. The molecular weight excluding hydrogens is 329 g/mol. The van der Waals surface area contributed by atoms with E-state index in [1.54, 1.807) is 23.5 Å². The summed E-state index contributed by atoms with van der Waals surface area (Å²) in [6, 6.07) is 10.3. The molecule has 2 nitrogen and oxygen atoms in total. The van der Waals surface area contributed by atoms with E-state index in [-0.39, 0.29) is 5.82 Å². The van der Waals surface area contributed by atoms with Crippen LogP contribution in [-0.4, -0.2) is 25.1 Å². The lowest BCUT2D eigenvalue weighted by Crippen LogP contribution is -2.23. The average Bonchev–Trinajstić information content (AvgIpc) is 2.77. The molecule has 0 radical (unpaired) electrons. The van der Waals surface area contributed by atoms with Crippen LogP contribution < -0.4 is 4.74 Å². The van der Waals surface area contributed by atoms with Gasteiger partial charge >= 0.3 is 0 Å². The first-order chi connectivity index (χ1) is 9.13. The molecule has 0 aliphatic heterocycles. The van der Waals surface area contributed by atoms with Gasteiger partial charge in [0.25, 0.3) is 0 Å². The van der Waals surface area contributed by atoms with Crippen molar-refractivity contribution in [3.05, 3.63) is 50.9 Å². The maximum Gasteiger partial charge on any atom is 0.123 e. The lowest BCUT2D eigenvalue weighted by molar-refractivity contribution is 0.234. The SMILES string of the molecule is CN(CCOc1ccc(F)cc1)Cc1ccc(Br)s1. The molecule has 1 heterocycles. The second-order valence-corrected chi connectivity index (χ2v) is 6.79. The van der Waals surface area contributed by atoms with Crippen LogP contribution in [0.25, 0.3) is 0 Å². The molecule has 0 atom stereocenters. The molecule has 0 aliphatic carbocycles. The Labute approximate surface area is 124 Å². The largest absolute Gasteiger partial charge is 0.492 e. The van der Waals surface area contributed by atoms with Gasteiger partial charge in [-0.05, 0) is 59.4 Å². The van der Waals surface area contributed by atoms with Crippen LogP contribution in [-0.2, 0) is 6.54 Å². The highest BCUT2D eigenvalue weighted by Crippen LogP contribution is 2.22. The second-order valence-electron chi connectivity index (χ2n) is 4.25. The van der Waals surface area contributed by atoms with Crippen molar-refractivity contribution in [1.82, 2.24) is 4.90 Å². The van der Waals surface area contributed by atoms with E-state index in [0.717, 1.165) is 16.9 Å². The minimum absolute atomic E-state index is 0.243. The predicted octanol–water partition coefficient (Wildman–Crippen LogP) is 4.16. The number of hydrogen-bond acceptors (Lipinski definition) is 3. The fourth-order valence-electron chi connectivity index (χ4n) is 1.63. The lowest BCUT2D eigenvalue weighted by atomic mass is 10.3. The first-order valence-electron chi connectivity index (χ1n) is 5.94. The summed E-state index contributed by atoms with van der Waals surface area (Å²) in [6.45, 7) is 2.32. The first-order valence-corrected chi connectivity index (χ1v) is 7.55. The number of thiophene rings is 1. The van der Waals surface area contributed by atoms with Crippen molar-refractivity contribution < 1.29 is 9.13 Å². The van der Waals surface area contributed by atoms with Gasteiger partial charge in [0.15, 0.2) is 0 Å². The number of rotatable bonds is 6. The predicted molar refractivity (Wildman–Crippen MR) is 80.2 cm³/mol. The van der Waals surface area contributed by atoms with Gasteiger partial charge in [0.2, 0.25) is 0 Å². The Kier molecular flexibility index (Phi) is 5.36. The van der Waals surface area contributed by atoms with Crippen LogP contribution in [0.4, 0.5) is 4.39 Å². The molecule has 102 valence electrons. The molecule has 1 aromatic carbocycles. The summed E-state index contributed by atoms with van der Waals surface area (Å²) in [6.07, 6.45) is 0. The molecule has 0 N–H and O–H groups in total. The number of hydrogen-bond donors (Lipinski definition) is 0. The van der Waals surface area contributed by atoms with Crippen LogP contribution in [0.3, 0.4) is 0 Å². The highest BCUT2D eigenvalue weighted by atomic mass is 79.9. The van der Waals surface area contributed by atoms with Crippen molar-refractivity contribution in [1.29, 1.82) is 0 Å². The minimum atomic E-state index is -0.243. The topological polar surface area (TPSA) is 12.5 Å². The highest BCUT2D eigenvalue weighted by Gasteiger charge is 2.03. The van der Waals surface area contributed by atoms with Crippen LogP contribution in [0.15, 0.2) is 40.2 Å². The molecule has 1 aromatic heterocycles. The third-order valence-electron chi connectivity index (χ3n) is 2.61. The van der Waals surface area contributed by atoms with Gasteiger partial charge in [0.05, 0.1) is 3.79 Å². The number of likely N-dealkylation sites (N-methyl/N-ethyl adjacent to an activating group) is 1. The first kappa shape index (κ1) is 14.5. The summed E-state index contributed by atoms with van der Waals surface area (Å²) in [5.74, 6) is 0.460. The molecule has 0 spiro atoms. The van der Waals surface area contributed by atoms with Gasteiger partial charge in [-0.25, -0.2) is 4.39 Å². The molecule has 0 aliphatic rings. The molecule has 0 unspecified atom stereocenters. The van der Waals surface area contributed by atoms with Gasteiger partial charge in [0.1, 0.15) is 18.2 Å². The maximum absolute atomic E-state index is 12.7. The van der Waals surface area contributed by atoms with Gasteiger partial charge in [0, 0.05) is 18.0 Å². The zero-order valence-electron chi connectivity index (χ0n) is 10.6. The number of ether oxygens (including phenoxy) is 1. The van der Waals surface area contributed by atoms with Crippen LogP contribution in [0.5, 0.6) is 5.75 Å². The highest BCUT2D eigenvalue weighted by molar-refractivity contribution is 9.11. The molecule has 19 heavy (non-hydrogen) atoms. The zero-order chi connectivity index (χ0) is 13.7. The van der Waals surface area contributed by atoms with E-state index in [4.69, 9.17) is 4.74 Å². The molecule has 0 bridgehead atoms. The maximum atomic E-state index is 12.7. The van der Waals surface area contributed by atoms with Crippen molar-refractivity contribution >= 4 is 27.3 Å². The smallest absolute Gasteiger partial charge is 0.123 e. The van der Waals surface area contributed by atoms with Gasteiger partial charge in [-0.1, -0.05) is 0 Å². The van der Waals surface area contributed by atoms with Crippen LogP contribution in [0.1, 0.15) is 4.88 Å². The summed E-state index contributed by atoms with van der Waals surface area (Å²) in [5.41, 5.74) is 0. The van der Waals surface area contributed by atoms with Crippen molar-refractivity contribution in [2.24, 2.45) is 0 Å². The summed E-state index contributed by atoms with van der Waals surface area (Å²) in [7, 11) is 2.06. The Balaban J connectivity index is 1.71. The van der Waals surface area contributed by atoms with E-state index in [1.165, 1.54) is 17.0 Å². The van der Waals surface area contributed by atoms with Gasteiger partial charge < -0.3 is 4.74 Å². The number of nitrogens with zero attached hydrogens (tertiary/aromatic N) is 1. The Morgan fingerprint density at radius 2 is 1.95 bits per heavy atom. The Morgan fingerprint density at radius 1 is 1.21 bits per heavy atom. The van der Waals surface area contributed by atoms with Crippen molar-refractivity contribution in [3.8, 4) is 5.75 Å².